The summed E-state index contributed by atoms with van der Waals surface area (Å²) in [6.07, 6.45) is 0.795. The molecular weight excluding hydrogens is 397 g/mol. The second-order valence-corrected chi connectivity index (χ2v) is 7.39. The van der Waals surface area contributed by atoms with Crippen molar-refractivity contribution in [2.45, 2.75) is 20.3 Å². The molecular formula is C21H21Cl2N3O2. The number of anilines is 1. The second kappa shape index (κ2) is 8.25. The Kier molecular flexibility index (Phi) is 5.96. The molecule has 146 valence electrons. The lowest BCUT2D eigenvalue weighted by Gasteiger charge is -2.10. The summed E-state index contributed by atoms with van der Waals surface area (Å²) in [6.45, 7) is 4.08. The largest absolute Gasteiger partial charge is 0.494 e. The number of aromatic nitrogens is 2. The number of aryl methyl sites for hydroxylation is 2. The van der Waals surface area contributed by atoms with Gasteiger partial charge in [0.25, 0.3) is 5.91 Å². The first-order chi connectivity index (χ1) is 13.3. The van der Waals surface area contributed by atoms with Crippen molar-refractivity contribution < 1.29 is 9.53 Å². The minimum Gasteiger partial charge on any atom is -0.494 e. The number of rotatable bonds is 5. The molecule has 0 atom stereocenters. The Morgan fingerprint density at radius 3 is 2.25 bits per heavy atom. The molecule has 28 heavy (non-hydrogen) atoms. The fourth-order valence-electron chi connectivity index (χ4n) is 3.07. The zero-order chi connectivity index (χ0) is 20.4. The Labute approximate surface area is 174 Å². The maximum atomic E-state index is 12.5. The average Bonchev–Trinajstić information content (AvgIpc) is 2.89. The molecule has 2 aromatic carbocycles. The van der Waals surface area contributed by atoms with Crippen molar-refractivity contribution in [1.29, 1.82) is 0 Å². The van der Waals surface area contributed by atoms with Gasteiger partial charge in [-0.15, -0.1) is 0 Å². The number of carbonyl (C=O) groups excluding carboxylic acids is 1. The molecule has 7 heteroatoms. The number of benzene rings is 2. The number of nitrogens with zero attached hydrogens (tertiary/aromatic N) is 2. The number of hydrogen-bond acceptors (Lipinski definition) is 3. The fraction of sp³-hybridized carbons (Fsp3) is 0.238. The van der Waals surface area contributed by atoms with Gasteiger partial charge in [0.1, 0.15) is 0 Å². The molecule has 0 saturated heterocycles. The summed E-state index contributed by atoms with van der Waals surface area (Å²) in [5.41, 5.74) is 5.61. The Morgan fingerprint density at radius 1 is 1.14 bits per heavy atom. The summed E-state index contributed by atoms with van der Waals surface area (Å²) in [6, 6.07) is 10.8. The van der Waals surface area contributed by atoms with E-state index < -0.39 is 0 Å². The van der Waals surface area contributed by atoms with E-state index in [9.17, 15) is 4.79 Å². The van der Waals surface area contributed by atoms with E-state index in [-0.39, 0.29) is 16.0 Å². The van der Waals surface area contributed by atoms with E-state index in [0.717, 1.165) is 23.4 Å². The Bertz CT molecular complexity index is 1000. The van der Waals surface area contributed by atoms with Crippen LogP contribution in [-0.2, 0) is 13.5 Å². The summed E-state index contributed by atoms with van der Waals surface area (Å²) >= 11 is 12.2. The number of methoxy groups -OCH3 is 1. The Hall–Kier alpha value is -2.50. The predicted octanol–water partition coefficient (Wildman–Crippen LogP) is 5.20. The highest BCUT2D eigenvalue weighted by atomic mass is 35.5. The first-order valence-electron chi connectivity index (χ1n) is 8.72. The quantitative estimate of drug-likeness (QED) is 0.620. The maximum Gasteiger partial charge on any atom is 0.255 e. The first kappa shape index (κ1) is 20.2. The van der Waals surface area contributed by atoms with Gasteiger partial charge in [-0.3, -0.25) is 9.48 Å². The lowest BCUT2D eigenvalue weighted by molar-refractivity contribution is 0.102. The molecule has 0 fully saturated rings. The van der Waals surface area contributed by atoms with Gasteiger partial charge in [0, 0.05) is 36.0 Å². The smallest absolute Gasteiger partial charge is 0.255 e. The van der Waals surface area contributed by atoms with Gasteiger partial charge in [-0.05, 0) is 43.7 Å². The van der Waals surface area contributed by atoms with Gasteiger partial charge < -0.3 is 10.1 Å². The highest BCUT2D eigenvalue weighted by Crippen LogP contribution is 2.34. The third kappa shape index (κ3) is 4.16. The van der Waals surface area contributed by atoms with Crippen LogP contribution in [0.15, 0.2) is 36.4 Å². The normalized spacial score (nSPS) is 10.8. The van der Waals surface area contributed by atoms with Gasteiger partial charge in [0.15, 0.2) is 5.75 Å². The van der Waals surface area contributed by atoms with Crippen molar-refractivity contribution in [3.05, 3.63) is 74.5 Å². The molecule has 0 aliphatic heterocycles. The molecule has 1 heterocycles. The molecule has 0 aliphatic carbocycles. The number of hydrogen-bond donors (Lipinski definition) is 1. The summed E-state index contributed by atoms with van der Waals surface area (Å²) in [4.78, 5) is 12.5. The van der Waals surface area contributed by atoms with Gasteiger partial charge in [0.05, 0.1) is 22.8 Å². The van der Waals surface area contributed by atoms with Crippen molar-refractivity contribution in [1.82, 2.24) is 9.78 Å². The maximum absolute atomic E-state index is 12.5. The van der Waals surface area contributed by atoms with Crippen LogP contribution in [0, 0.1) is 13.8 Å². The summed E-state index contributed by atoms with van der Waals surface area (Å²) in [5, 5.41) is 7.89. The van der Waals surface area contributed by atoms with Crippen LogP contribution in [0.4, 0.5) is 5.69 Å². The summed E-state index contributed by atoms with van der Waals surface area (Å²) in [5.74, 6) is 0.0587. The van der Waals surface area contributed by atoms with Crippen LogP contribution < -0.4 is 10.1 Å². The molecule has 3 rings (SSSR count). The van der Waals surface area contributed by atoms with Crippen LogP contribution in [0.3, 0.4) is 0 Å². The summed E-state index contributed by atoms with van der Waals surface area (Å²) in [7, 11) is 3.42. The molecule has 1 aromatic heterocycles. The van der Waals surface area contributed by atoms with E-state index in [1.807, 2.05) is 42.9 Å². The molecule has 1 N–H and O–H groups in total. The molecule has 0 spiro atoms. The zero-order valence-electron chi connectivity index (χ0n) is 16.1. The van der Waals surface area contributed by atoms with Crippen LogP contribution in [0.5, 0.6) is 5.75 Å². The van der Waals surface area contributed by atoms with Crippen molar-refractivity contribution >= 4 is 34.8 Å². The highest BCUT2D eigenvalue weighted by molar-refractivity contribution is 6.37. The van der Waals surface area contributed by atoms with Gasteiger partial charge >= 0.3 is 0 Å². The SMILES string of the molecule is COc1c(Cl)cc(C(=O)Nc2ccc(Cc3c(C)nn(C)c3C)cc2)cc1Cl. The van der Waals surface area contributed by atoms with E-state index in [2.05, 4.69) is 17.3 Å². The zero-order valence-corrected chi connectivity index (χ0v) is 17.6. The molecule has 1 amide bonds. The molecule has 0 unspecified atom stereocenters. The van der Waals surface area contributed by atoms with Gasteiger partial charge in [-0.1, -0.05) is 35.3 Å². The third-order valence-corrected chi connectivity index (χ3v) is 5.28. The lowest BCUT2D eigenvalue weighted by Crippen LogP contribution is -2.12. The van der Waals surface area contributed by atoms with E-state index in [1.165, 1.54) is 24.8 Å². The van der Waals surface area contributed by atoms with Gasteiger partial charge in [-0.25, -0.2) is 0 Å². The number of amides is 1. The Balaban J connectivity index is 1.73. The van der Waals surface area contributed by atoms with E-state index in [0.29, 0.717) is 17.0 Å². The Morgan fingerprint density at radius 2 is 1.75 bits per heavy atom. The average molecular weight is 418 g/mol. The molecule has 0 bridgehead atoms. The molecule has 0 aliphatic rings. The van der Waals surface area contributed by atoms with E-state index in [4.69, 9.17) is 27.9 Å². The van der Waals surface area contributed by atoms with Crippen LogP contribution in [0.25, 0.3) is 0 Å². The van der Waals surface area contributed by atoms with Crippen molar-refractivity contribution in [2.75, 3.05) is 12.4 Å². The monoisotopic (exact) mass is 417 g/mol. The van der Waals surface area contributed by atoms with Crippen LogP contribution in [0.1, 0.15) is 32.9 Å². The highest BCUT2D eigenvalue weighted by Gasteiger charge is 2.14. The summed E-state index contributed by atoms with van der Waals surface area (Å²) < 4.78 is 7.00. The van der Waals surface area contributed by atoms with E-state index >= 15 is 0 Å². The number of carbonyl (C=O) groups is 1. The van der Waals surface area contributed by atoms with Crippen LogP contribution in [-0.4, -0.2) is 22.8 Å². The third-order valence-electron chi connectivity index (χ3n) is 4.72. The first-order valence-corrected chi connectivity index (χ1v) is 9.48. The van der Waals surface area contributed by atoms with Crippen LogP contribution >= 0.6 is 23.2 Å². The standard InChI is InChI=1S/C21H21Cl2N3O2/c1-12-17(13(2)26(3)25-12)9-14-5-7-16(8-6-14)24-21(27)15-10-18(22)20(28-4)19(23)11-15/h5-8,10-11H,9H2,1-4H3,(H,24,27). The van der Waals surface area contributed by atoms with Crippen molar-refractivity contribution in [2.24, 2.45) is 7.05 Å². The van der Waals surface area contributed by atoms with Gasteiger partial charge in [-0.2, -0.15) is 5.10 Å². The van der Waals surface area contributed by atoms with Crippen molar-refractivity contribution in [3.8, 4) is 5.75 Å². The lowest BCUT2D eigenvalue weighted by atomic mass is 10.0. The van der Waals surface area contributed by atoms with E-state index in [1.54, 1.807) is 0 Å². The number of nitrogens with one attached hydrogen (secondary N) is 1. The molecule has 3 aromatic rings. The molecule has 5 nitrogen and oxygen atoms in total. The number of halogens is 2. The topological polar surface area (TPSA) is 56.1 Å². The second-order valence-electron chi connectivity index (χ2n) is 6.57. The predicted molar refractivity (Wildman–Crippen MR) is 113 cm³/mol. The fourth-order valence-corrected chi connectivity index (χ4v) is 3.71. The van der Waals surface area contributed by atoms with Crippen molar-refractivity contribution in [3.63, 3.8) is 0 Å². The van der Waals surface area contributed by atoms with Crippen LogP contribution in [0.2, 0.25) is 10.0 Å². The minimum absolute atomic E-state index is 0.290. The minimum atomic E-state index is -0.293. The van der Waals surface area contributed by atoms with Gasteiger partial charge in [0.2, 0.25) is 0 Å². The molecule has 0 radical (unpaired) electrons. The molecule has 0 saturated carbocycles. The number of ether oxygens (including phenoxy) is 1.